The summed E-state index contributed by atoms with van der Waals surface area (Å²) in [6.07, 6.45) is 4.33. The zero-order valence-electron chi connectivity index (χ0n) is 11.3. The fourth-order valence-corrected chi connectivity index (χ4v) is 4.43. The van der Waals surface area contributed by atoms with Gasteiger partial charge in [0.1, 0.15) is 0 Å². The van der Waals surface area contributed by atoms with Gasteiger partial charge in [0, 0.05) is 11.6 Å². The number of hydrogen-bond donors (Lipinski definition) is 0. The van der Waals surface area contributed by atoms with Crippen molar-refractivity contribution in [2.24, 2.45) is 17.8 Å². The van der Waals surface area contributed by atoms with E-state index in [-0.39, 0.29) is 0 Å². The van der Waals surface area contributed by atoms with Crippen molar-refractivity contribution in [1.29, 1.82) is 0 Å². The molecule has 2 bridgehead atoms. The molecule has 4 atom stereocenters. The molecule has 18 heavy (non-hydrogen) atoms. The van der Waals surface area contributed by atoms with E-state index < -0.39 is 0 Å². The van der Waals surface area contributed by atoms with E-state index in [0.29, 0.717) is 0 Å². The second-order valence-corrected chi connectivity index (χ2v) is 6.77. The highest BCUT2D eigenvalue weighted by Crippen LogP contribution is 2.56. The molecule has 0 saturated heterocycles. The highest BCUT2D eigenvalue weighted by atomic mass is 35.5. The fraction of sp³-hybridized carbons (Fsp3) is 0.625. The smallest absolute Gasteiger partial charge is 0.0406 e. The van der Waals surface area contributed by atoms with E-state index in [1.54, 1.807) is 0 Å². The van der Waals surface area contributed by atoms with Crippen LogP contribution in [-0.4, -0.2) is 25.5 Å². The van der Waals surface area contributed by atoms with E-state index in [0.717, 1.165) is 28.7 Å². The Labute approximate surface area is 115 Å². The molecule has 0 unspecified atom stereocenters. The van der Waals surface area contributed by atoms with Crippen molar-refractivity contribution in [3.63, 3.8) is 0 Å². The first-order valence-corrected chi connectivity index (χ1v) is 7.43. The Morgan fingerprint density at radius 3 is 2.44 bits per heavy atom. The Kier molecular flexibility index (Phi) is 3.38. The van der Waals surface area contributed by atoms with Crippen molar-refractivity contribution >= 4 is 11.6 Å². The summed E-state index contributed by atoms with van der Waals surface area (Å²) in [5, 5.41) is 0.853. The van der Waals surface area contributed by atoms with Crippen LogP contribution in [-0.2, 0) is 0 Å². The molecule has 98 valence electrons. The largest absolute Gasteiger partial charge is 0.309 e. The van der Waals surface area contributed by atoms with Gasteiger partial charge in [-0.2, -0.15) is 0 Å². The quantitative estimate of drug-likeness (QED) is 0.796. The Bertz CT molecular complexity index is 412. The number of hydrogen-bond acceptors (Lipinski definition) is 1. The lowest BCUT2D eigenvalue weighted by molar-refractivity contribution is 0.219. The topological polar surface area (TPSA) is 3.24 Å². The van der Waals surface area contributed by atoms with Gasteiger partial charge in [-0.15, -0.1) is 0 Å². The van der Waals surface area contributed by atoms with Crippen molar-refractivity contribution in [1.82, 2.24) is 4.90 Å². The van der Waals surface area contributed by atoms with Crippen LogP contribution in [0.2, 0.25) is 5.02 Å². The molecule has 0 heterocycles. The first-order chi connectivity index (χ1) is 8.65. The van der Waals surface area contributed by atoms with Crippen LogP contribution in [0.4, 0.5) is 0 Å². The van der Waals surface area contributed by atoms with Crippen LogP contribution in [0.5, 0.6) is 0 Å². The van der Waals surface area contributed by atoms with Crippen LogP contribution in [0.1, 0.15) is 30.7 Å². The van der Waals surface area contributed by atoms with Crippen LogP contribution >= 0.6 is 11.6 Å². The maximum absolute atomic E-state index is 6.01. The second-order valence-electron chi connectivity index (χ2n) is 6.34. The van der Waals surface area contributed by atoms with Crippen molar-refractivity contribution in [3.8, 4) is 0 Å². The van der Waals surface area contributed by atoms with Crippen LogP contribution in [0.3, 0.4) is 0 Å². The monoisotopic (exact) mass is 263 g/mol. The molecule has 1 aromatic rings. The predicted molar refractivity (Wildman–Crippen MR) is 77.1 cm³/mol. The molecule has 0 aromatic heterocycles. The number of halogens is 1. The molecule has 2 aliphatic rings. The third kappa shape index (κ3) is 2.19. The maximum atomic E-state index is 6.01. The summed E-state index contributed by atoms with van der Waals surface area (Å²) in [6, 6.07) is 8.60. The molecule has 1 nitrogen and oxygen atoms in total. The molecule has 0 amide bonds. The van der Waals surface area contributed by atoms with Gasteiger partial charge in [-0.05, 0) is 74.7 Å². The molecule has 2 aliphatic carbocycles. The van der Waals surface area contributed by atoms with Gasteiger partial charge in [-0.1, -0.05) is 23.7 Å². The molecule has 2 heteroatoms. The van der Waals surface area contributed by atoms with E-state index in [1.165, 1.54) is 31.4 Å². The maximum Gasteiger partial charge on any atom is 0.0406 e. The van der Waals surface area contributed by atoms with E-state index in [9.17, 15) is 0 Å². The highest BCUT2D eigenvalue weighted by molar-refractivity contribution is 6.30. The minimum absolute atomic E-state index is 0.767. The van der Waals surface area contributed by atoms with Gasteiger partial charge in [0.25, 0.3) is 0 Å². The van der Waals surface area contributed by atoms with Gasteiger partial charge in [-0.3, -0.25) is 0 Å². The minimum Gasteiger partial charge on any atom is -0.309 e. The average Bonchev–Trinajstić information content (AvgIpc) is 2.90. The second kappa shape index (κ2) is 4.86. The van der Waals surface area contributed by atoms with Gasteiger partial charge in [0.05, 0.1) is 0 Å². The molecule has 0 spiro atoms. The third-order valence-electron chi connectivity index (χ3n) is 4.92. The third-order valence-corrected chi connectivity index (χ3v) is 5.17. The molecule has 0 radical (unpaired) electrons. The van der Waals surface area contributed by atoms with Crippen LogP contribution < -0.4 is 0 Å². The molecule has 2 fully saturated rings. The lowest BCUT2D eigenvalue weighted by Crippen LogP contribution is -2.30. The van der Waals surface area contributed by atoms with E-state index in [1.807, 2.05) is 0 Å². The summed E-state index contributed by atoms with van der Waals surface area (Å²) < 4.78 is 0. The lowest BCUT2D eigenvalue weighted by atomic mass is 9.75. The van der Waals surface area contributed by atoms with E-state index in [2.05, 4.69) is 43.3 Å². The van der Waals surface area contributed by atoms with Crippen molar-refractivity contribution < 1.29 is 0 Å². The van der Waals surface area contributed by atoms with Crippen LogP contribution in [0, 0.1) is 17.8 Å². The molecule has 2 saturated carbocycles. The molecule has 0 N–H and O–H groups in total. The lowest BCUT2D eigenvalue weighted by Gasteiger charge is -2.33. The summed E-state index contributed by atoms with van der Waals surface area (Å²) in [5.41, 5.74) is 1.51. The summed E-state index contributed by atoms with van der Waals surface area (Å²) in [7, 11) is 4.40. The standard InChI is InChI=1S/C16H22ClN/c1-18(2)10-15-12-3-4-13(9-12)16(15)11-5-7-14(17)8-6-11/h5-8,12-13,15-16H,3-4,9-10H2,1-2H3/t12-,13+,15-,16-/m1/s1. The van der Waals surface area contributed by atoms with Crippen molar-refractivity contribution in [2.45, 2.75) is 25.2 Å². The molecular formula is C16H22ClN. The van der Waals surface area contributed by atoms with Gasteiger partial charge < -0.3 is 4.90 Å². The number of rotatable bonds is 3. The van der Waals surface area contributed by atoms with Gasteiger partial charge >= 0.3 is 0 Å². The minimum atomic E-state index is 0.767. The Hall–Kier alpha value is -0.530. The zero-order chi connectivity index (χ0) is 12.7. The summed E-state index contributed by atoms with van der Waals surface area (Å²) >= 11 is 6.01. The normalized spacial score (nSPS) is 34.4. The Balaban J connectivity index is 1.86. The van der Waals surface area contributed by atoms with Gasteiger partial charge in [0.15, 0.2) is 0 Å². The summed E-state index contributed by atoms with van der Waals surface area (Å²) in [5.74, 6) is 3.49. The summed E-state index contributed by atoms with van der Waals surface area (Å²) in [4.78, 5) is 2.36. The first kappa shape index (κ1) is 12.5. The van der Waals surface area contributed by atoms with Crippen LogP contribution in [0.15, 0.2) is 24.3 Å². The number of benzene rings is 1. The first-order valence-electron chi connectivity index (χ1n) is 7.05. The van der Waals surface area contributed by atoms with Gasteiger partial charge in [-0.25, -0.2) is 0 Å². The predicted octanol–water partition coefficient (Wildman–Crippen LogP) is 4.03. The number of fused-ring (bicyclic) bond motifs is 2. The fourth-order valence-electron chi connectivity index (χ4n) is 4.30. The highest BCUT2D eigenvalue weighted by Gasteiger charge is 2.47. The van der Waals surface area contributed by atoms with Gasteiger partial charge in [0.2, 0.25) is 0 Å². The molecule has 1 aromatic carbocycles. The van der Waals surface area contributed by atoms with E-state index in [4.69, 9.17) is 11.6 Å². The SMILES string of the molecule is CN(C)C[C@@H]1[C@@H]2CC[C@@H](C2)[C@H]1c1ccc(Cl)cc1. The molecular weight excluding hydrogens is 242 g/mol. The summed E-state index contributed by atoms with van der Waals surface area (Å²) in [6.45, 7) is 1.23. The van der Waals surface area contributed by atoms with E-state index >= 15 is 0 Å². The zero-order valence-corrected chi connectivity index (χ0v) is 12.0. The Morgan fingerprint density at radius 1 is 1.11 bits per heavy atom. The Morgan fingerprint density at radius 2 is 1.78 bits per heavy atom. The van der Waals surface area contributed by atoms with Crippen LogP contribution in [0.25, 0.3) is 0 Å². The van der Waals surface area contributed by atoms with Crippen molar-refractivity contribution in [2.75, 3.05) is 20.6 Å². The van der Waals surface area contributed by atoms with Crippen molar-refractivity contribution in [3.05, 3.63) is 34.9 Å². The average molecular weight is 264 g/mol. The molecule has 3 rings (SSSR count). The molecule has 0 aliphatic heterocycles. The number of nitrogens with zero attached hydrogens (tertiary/aromatic N) is 1.